The Hall–Kier alpha value is -3.23. The van der Waals surface area contributed by atoms with E-state index in [9.17, 15) is 9.18 Å². The summed E-state index contributed by atoms with van der Waals surface area (Å²) >= 11 is 0. The largest absolute Gasteiger partial charge is 0.445 e. The van der Waals surface area contributed by atoms with Gasteiger partial charge < -0.3 is 15.0 Å². The molecule has 9 heteroatoms. The van der Waals surface area contributed by atoms with Crippen LogP contribution >= 0.6 is 0 Å². The molecule has 1 N–H and O–H groups in total. The standard InChI is InChI=1S/C21H25FN6O2/c1-14-3-5-15(6-4-14)13-30-21(29)28-8-7-16(18(22)12-28)9-23-20-24-10-17-11-25-27(2)19(17)26-20/h3-6,10-11,16,18H,7-9,12-13H2,1-2H3,(H,23,24,26)/t16-,18-/m1/s1. The van der Waals surface area contributed by atoms with Crippen molar-refractivity contribution < 1.29 is 13.9 Å². The summed E-state index contributed by atoms with van der Waals surface area (Å²) in [6.45, 7) is 3.07. The lowest BCUT2D eigenvalue weighted by Gasteiger charge is -2.34. The van der Waals surface area contributed by atoms with Gasteiger partial charge in [0.2, 0.25) is 5.95 Å². The molecule has 0 radical (unpaired) electrons. The number of likely N-dealkylation sites (tertiary alicyclic amines) is 1. The highest BCUT2D eigenvalue weighted by atomic mass is 19.1. The Morgan fingerprint density at radius 2 is 2.10 bits per heavy atom. The lowest BCUT2D eigenvalue weighted by atomic mass is 9.95. The van der Waals surface area contributed by atoms with Crippen molar-refractivity contribution in [3.63, 3.8) is 0 Å². The predicted molar refractivity (Wildman–Crippen MR) is 111 cm³/mol. The number of aryl methyl sites for hydroxylation is 2. The van der Waals surface area contributed by atoms with Crippen LogP contribution < -0.4 is 5.32 Å². The highest BCUT2D eigenvalue weighted by Gasteiger charge is 2.32. The number of halogens is 1. The van der Waals surface area contributed by atoms with Crippen LogP contribution in [-0.2, 0) is 18.4 Å². The van der Waals surface area contributed by atoms with E-state index in [1.165, 1.54) is 4.90 Å². The quantitative estimate of drug-likeness (QED) is 0.693. The van der Waals surface area contributed by atoms with E-state index in [1.807, 2.05) is 38.2 Å². The normalized spacial score (nSPS) is 19.1. The van der Waals surface area contributed by atoms with Crippen LogP contribution in [0.15, 0.2) is 36.7 Å². The first-order valence-corrected chi connectivity index (χ1v) is 9.99. The number of hydrogen-bond acceptors (Lipinski definition) is 6. The molecule has 158 valence electrons. The molecule has 0 aliphatic carbocycles. The second-order valence-electron chi connectivity index (χ2n) is 7.67. The zero-order chi connectivity index (χ0) is 21.1. The lowest BCUT2D eigenvalue weighted by molar-refractivity contribution is 0.0544. The number of carbonyl (C=O) groups excluding carboxylic acids is 1. The number of ether oxygens (including phenoxy) is 1. The maximum absolute atomic E-state index is 14.7. The molecular weight excluding hydrogens is 387 g/mol. The van der Waals surface area contributed by atoms with E-state index in [0.29, 0.717) is 25.5 Å². The first-order valence-electron chi connectivity index (χ1n) is 9.99. The van der Waals surface area contributed by atoms with Crippen LogP contribution in [0.5, 0.6) is 0 Å². The molecule has 3 heterocycles. The molecule has 1 aromatic carbocycles. The Morgan fingerprint density at radius 1 is 1.30 bits per heavy atom. The monoisotopic (exact) mass is 412 g/mol. The lowest BCUT2D eigenvalue weighted by Crippen LogP contribution is -2.46. The minimum Gasteiger partial charge on any atom is -0.445 e. The number of hydrogen-bond donors (Lipinski definition) is 1. The van der Waals surface area contributed by atoms with Gasteiger partial charge in [-0.3, -0.25) is 4.68 Å². The average Bonchev–Trinajstić information content (AvgIpc) is 3.12. The van der Waals surface area contributed by atoms with Crippen molar-refractivity contribution in [2.45, 2.75) is 26.1 Å². The highest BCUT2D eigenvalue weighted by Crippen LogP contribution is 2.22. The van der Waals surface area contributed by atoms with Crippen molar-refractivity contribution in [1.82, 2.24) is 24.6 Å². The Balaban J connectivity index is 1.26. The van der Waals surface area contributed by atoms with E-state index in [-0.39, 0.29) is 19.1 Å². The summed E-state index contributed by atoms with van der Waals surface area (Å²) in [4.78, 5) is 22.4. The number of piperidine rings is 1. The number of alkyl halides is 1. The van der Waals surface area contributed by atoms with Gasteiger partial charge in [-0.15, -0.1) is 0 Å². The summed E-state index contributed by atoms with van der Waals surface area (Å²) in [5.41, 5.74) is 2.78. The van der Waals surface area contributed by atoms with E-state index in [1.54, 1.807) is 17.1 Å². The zero-order valence-electron chi connectivity index (χ0n) is 17.1. The SMILES string of the molecule is Cc1ccc(COC(=O)N2CC[C@H](CNc3ncc4cnn(C)c4n3)[C@H](F)C2)cc1. The molecule has 1 amide bonds. The number of carbonyl (C=O) groups is 1. The molecule has 0 saturated carbocycles. The van der Waals surface area contributed by atoms with Crippen molar-refractivity contribution in [3.8, 4) is 0 Å². The maximum Gasteiger partial charge on any atom is 0.410 e. The van der Waals surface area contributed by atoms with Gasteiger partial charge in [-0.25, -0.2) is 14.2 Å². The van der Waals surface area contributed by atoms with Crippen LogP contribution in [0.25, 0.3) is 11.0 Å². The van der Waals surface area contributed by atoms with E-state index in [4.69, 9.17) is 4.74 Å². The molecule has 4 rings (SSSR count). The molecule has 30 heavy (non-hydrogen) atoms. The summed E-state index contributed by atoms with van der Waals surface area (Å²) in [6.07, 6.45) is 2.32. The van der Waals surface area contributed by atoms with E-state index >= 15 is 0 Å². The van der Waals surface area contributed by atoms with Gasteiger partial charge in [0.05, 0.1) is 18.1 Å². The van der Waals surface area contributed by atoms with E-state index < -0.39 is 12.3 Å². The number of aromatic nitrogens is 4. The molecule has 0 bridgehead atoms. The van der Waals surface area contributed by atoms with Crippen molar-refractivity contribution >= 4 is 23.1 Å². The number of nitrogens with one attached hydrogen (secondary N) is 1. The smallest absolute Gasteiger partial charge is 0.410 e. The van der Waals surface area contributed by atoms with Gasteiger partial charge in [0.1, 0.15) is 12.8 Å². The minimum absolute atomic E-state index is 0.0285. The summed E-state index contributed by atoms with van der Waals surface area (Å²) in [7, 11) is 1.81. The fraction of sp³-hybridized carbons (Fsp3) is 0.429. The number of amides is 1. The molecule has 0 unspecified atom stereocenters. The molecule has 3 aromatic rings. The fourth-order valence-corrected chi connectivity index (χ4v) is 3.51. The van der Waals surface area contributed by atoms with Crippen LogP contribution in [-0.4, -0.2) is 56.5 Å². The van der Waals surface area contributed by atoms with E-state index in [0.717, 1.165) is 22.2 Å². The second kappa shape index (κ2) is 8.64. The van der Waals surface area contributed by atoms with Gasteiger partial charge in [-0.1, -0.05) is 29.8 Å². The molecule has 0 spiro atoms. The average molecular weight is 412 g/mol. The van der Waals surface area contributed by atoms with Crippen LogP contribution in [0.3, 0.4) is 0 Å². The Morgan fingerprint density at radius 3 is 2.87 bits per heavy atom. The predicted octanol–water partition coefficient (Wildman–Crippen LogP) is 3.08. The maximum atomic E-state index is 14.7. The van der Waals surface area contributed by atoms with Gasteiger partial charge in [0.25, 0.3) is 0 Å². The highest BCUT2D eigenvalue weighted by molar-refractivity contribution is 5.74. The first kappa shape index (κ1) is 20.1. The molecule has 8 nitrogen and oxygen atoms in total. The molecule has 1 aliphatic heterocycles. The summed E-state index contributed by atoms with van der Waals surface area (Å²) < 4.78 is 21.7. The number of nitrogens with zero attached hydrogens (tertiary/aromatic N) is 5. The van der Waals surface area contributed by atoms with Crippen molar-refractivity contribution in [1.29, 1.82) is 0 Å². The third kappa shape index (κ3) is 4.50. The zero-order valence-corrected chi connectivity index (χ0v) is 17.1. The Labute approximate surface area is 174 Å². The summed E-state index contributed by atoms with van der Waals surface area (Å²) in [6, 6.07) is 7.77. The van der Waals surface area contributed by atoms with Gasteiger partial charge in [0, 0.05) is 32.3 Å². The molecule has 1 fully saturated rings. The molecule has 2 aromatic heterocycles. The molecular formula is C21H25FN6O2. The van der Waals surface area contributed by atoms with Gasteiger partial charge in [-0.05, 0) is 18.9 Å². The third-order valence-corrected chi connectivity index (χ3v) is 5.41. The number of fused-ring (bicyclic) bond motifs is 1. The molecule has 2 atom stereocenters. The Bertz CT molecular complexity index is 1020. The number of anilines is 1. The van der Waals surface area contributed by atoms with Crippen molar-refractivity contribution in [2.75, 3.05) is 25.0 Å². The first-order chi connectivity index (χ1) is 14.5. The van der Waals surface area contributed by atoms with Gasteiger partial charge in [0.15, 0.2) is 5.65 Å². The van der Waals surface area contributed by atoms with Crippen LogP contribution in [0.4, 0.5) is 15.1 Å². The van der Waals surface area contributed by atoms with Crippen molar-refractivity contribution in [2.24, 2.45) is 13.0 Å². The Kier molecular flexibility index (Phi) is 5.78. The van der Waals surface area contributed by atoms with E-state index in [2.05, 4.69) is 20.4 Å². The fourth-order valence-electron chi connectivity index (χ4n) is 3.51. The third-order valence-electron chi connectivity index (χ3n) is 5.41. The minimum atomic E-state index is -1.14. The van der Waals surface area contributed by atoms with Crippen LogP contribution in [0.2, 0.25) is 0 Å². The second-order valence-corrected chi connectivity index (χ2v) is 7.67. The topological polar surface area (TPSA) is 85.2 Å². The van der Waals surface area contributed by atoms with Gasteiger partial charge >= 0.3 is 6.09 Å². The van der Waals surface area contributed by atoms with Crippen molar-refractivity contribution in [3.05, 3.63) is 47.8 Å². The molecule has 1 saturated heterocycles. The molecule has 1 aliphatic rings. The van der Waals surface area contributed by atoms with Gasteiger partial charge in [-0.2, -0.15) is 10.1 Å². The van der Waals surface area contributed by atoms with Crippen LogP contribution in [0, 0.1) is 12.8 Å². The number of rotatable bonds is 5. The van der Waals surface area contributed by atoms with Crippen LogP contribution in [0.1, 0.15) is 17.5 Å². The summed E-state index contributed by atoms with van der Waals surface area (Å²) in [5, 5.41) is 8.10. The number of benzene rings is 1. The summed E-state index contributed by atoms with van der Waals surface area (Å²) in [5.74, 6) is 0.218.